The average molecular weight is 266 g/mol. The summed E-state index contributed by atoms with van der Waals surface area (Å²) in [7, 11) is 1.62. The van der Waals surface area contributed by atoms with Gasteiger partial charge in [0, 0.05) is 17.5 Å². The van der Waals surface area contributed by atoms with Crippen LogP contribution in [0.1, 0.15) is 6.42 Å². The number of methoxy groups -OCH3 is 1. The van der Waals surface area contributed by atoms with Crippen molar-refractivity contribution in [3.05, 3.63) is 24.3 Å². The van der Waals surface area contributed by atoms with Gasteiger partial charge in [-0.25, -0.2) is 0 Å². The molecule has 0 bridgehead atoms. The summed E-state index contributed by atoms with van der Waals surface area (Å²) in [5, 5.41) is 6.12. The van der Waals surface area contributed by atoms with Gasteiger partial charge in [0.15, 0.2) is 0 Å². The van der Waals surface area contributed by atoms with Gasteiger partial charge in [-0.15, -0.1) is 0 Å². The molecule has 5 heteroatoms. The highest BCUT2D eigenvalue weighted by molar-refractivity contribution is 7.99. The molecule has 0 spiro atoms. The molecule has 1 aromatic rings. The van der Waals surface area contributed by atoms with Crippen molar-refractivity contribution in [1.29, 1.82) is 0 Å². The number of carbonyl (C=O) groups excluding carboxylic acids is 1. The molecule has 1 atom stereocenters. The first-order valence-corrected chi connectivity index (χ1v) is 7.18. The first kappa shape index (κ1) is 13.2. The molecule has 18 heavy (non-hydrogen) atoms. The van der Waals surface area contributed by atoms with E-state index in [4.69, 9.17) is 4.74 Å². The Balaban J connectivity index is 1.75. The summed E-state index contributed by atoms with van der Waals surface area (Å²) in [4.78, 5) is 11.7. The van der Waals surface area contributed by atoms with E-state index in [1.165, 1.54) is 5.75 Å². The van der Waals surface area contributed by atoms with Gasteiger partial charge < -0.3 is 15.4 Å². The van der Waals surface area contributed by atoms with Crippen LogP contribution < -0.4 is 15.4 Å². The number of thioether (sulfide) groups is 1. The number of nitrogens with one attached hydrogen (secondary N) is 2. The summed E-state index contributed by atoms with van der Waals surface area (Å²) < 4.78 is 5.06. The van der Waals surface area contributed by atoms with E-state index in [2.05, 4.69) is 10.6 Å². The first-order valence-electron chi connectivity index (χ1n) is 6.03. The maximum absolute atomic E-state index is 11.7. The molecule has 0 radical (unpaired) electrons. The molecule has 0 aliphatic carbocycles. The number of ether oxygens (including phenoxy) is 1. The zero-order valence-electron chi connectivity index (χ0n) is 10.4. The standard InChI is InChI=1S/C13H18N2O2S/c1-17-12-4-2-10(3-5-12)15-13(16)8-14-11-6-7-18-9-11/h2-5,11,14H,6-9H2,1H3,(H,15,16). The number of benzene rings is 1. The Labute approximate surface area is 111 Å². The van der Waals surface area contributed by atoms with Crippen LogP contribution in [0.4, 0.5) is 5.69 Å². The van der Waals surface area contributed by atoms with Crippen molar-refractivity contribution in [2.24, 2.45) is 0 Å². The second kappa shape index (κ2) is 6.66. The van der Waals surface area contributed by atoms with E-state index in [0.717, 1.165) is 23.6 Å². The van der Waals surface area contributed by atoms with Gasteiger partial charge in [-0.2, -0.15) is 11.8 Å². The van der Waals surface area contributed by atoms with E-state index in [-0.39, 0.29) is 5.91 Å². The van der Waals surface area contributed by atoms with Crippen molar-refractivity contribution in [2.75, 3.05) is 30.5 Å². The molecule has 4 nitrogen and oxygen atoms in total. The largest absolute Gasteiger partial charge is 0.497 e. The average Bonchev–Trinajstić information content (AvgIpc) is 2.90. The van der Waals surface area contributed by atoms with Crippen molar-refractivity contribution in [2.45, 2.75) is 12.5 Å². The van der Waals surface area contributed by atoms with Crippen molar-refractivity contribution < 1.29 is 9.53 Å². The van der Waals surface area contributed by atoms with E-state index in [1.807, 2.05) is 36.0 Å². The molecule has 1 aromatic carbocycles. The molecule has 1 aliphatic rings. The summed E-state index contributed by atoms with van der Waals surface area (Å²) in [6, 6.07) is 7.81. The number of rotatable bonds is 5. The SMILES string of the molecule is COc1ccc(NC(=O)CNC2CCSC2)cc1. The zero-order valence-corrected chi connectivity index (χ0v) is 11.3. The van der Waals surface area contributed by atoms with Gasteiger partial charge in [-0.3, -0.25) is 4.79 Å². The second-order valence-electron chi connectivity index (χ2n) is 4.22. The Morgan fingerprint density at radius 3 is 2.83 bits per heavy atom. The van der Waals surface area contributed by atoms with Crippen LogP contribution in [0.25, 0.3) is 0 Å². The van der Waals surface area contributed by atoms with Crippen molar-refractivity contribution in [3.63, 3.8) is 0 Å². The molecule has 1 aliphatic heterocycles. The predicted octanol–water partition coefficient (Wildman–Crippen LogP) is 1.73. The molecule has 2 rings (SSSR count). The summed E-state index contributed by atoms with van der Waals surface area (Å²) in [5.74, 6) is 3.08. The summed E-state index contributed by atoms with van der Waals surface area (Å²) >= 11 is 1.93. The van der Waals surface area contributed by atoms with E-state index >= 15 is 0 Å². The quantitative estimate of drug-likeness (QED) is 0.852. The van der Waals surface area contributed by atoms with Crippen molar-refractivity contribution in [1.82, 2.24) is 5.32 Å². The van der Waals surface area contributed by atoms with Gasteiger partial charge in [-0.1, -0.05) is 0 Å². The van der Waals surface area contributed by atoms with E-state index < -0.39 is 0 Å². The lowest BCUT2D eigenvalue weighted by Crippen LogP contribution is -2.36. The minimum absolute atomic E-state index is 0.00272. The minimum atomic E-state index is -0.00272. The zero-order chi connectivity index (χ0) is 12.8. The molecule has 2 N–H and O–H groups in total. The van der Waals surface area contributed by atoms with Crippen LogP contribution in [0.5, 0.6) is 5.75 Å². The number of hydrogen-bond acceptors (Lipinski definition) is 4. The van der Waals surface area contributed by atoms with Crippen LogP contribution in [0.3, 0.4) is 0 Å². The highest BCUT2D eigenvalue weighted by Crippen LogP contribution is 2.17. The summed E-state index contributed by atoms with van der Waals surface area (Å²) in [5.41, 5.74) is 0.795. The molecule has 1 fully saturated rings. The Hall–Kier alpha value is -1.20. The van der Waals surface area contributed by atoms with E-state index in [9.17, 15) is 4.79 Å². The Morgan fingerprint density at radius 1 is 1.44 bits per heavy atom. The third-order valence-corrected chi connectivity index (χ3v) is 4.02. The lowest BCUT2D eigenvalue weighted by Gasteiger charge is -2.11. The fraction of sp³-hybridized carbons (Fsp3) is 0.462. The van der Waals surface area contributed by atoms with Crippen LogP contribution in [0.2, 0.25) is 0 Å². The minimum Gasteiger partial charge on any atom is -0.497 e. The van der Waals surface area contributed by atoms with Gasteiger partial charge in [0.25, 0.3) is 0 Å². The van der Waals surface area contributed by atoms with Crippen LogP contribution in [-0.2, 0) is 4.79 Å². The van der Waals surface area contributed by atoms with Gasteiger partial charge in [0.05, 0.1) is 13.7 Å². The Kier molecular flexibility index (Phi) is 4.90. The topological polar surface area (TPSA) is 50.4 Å². The summed E-state index contributed by atoms with van der Waals surface area (Å²) in [6.45, 7) is 0.372. The maximum atomic E-state index is 11.7. The third-order valence-electron chi connectivity index (χ3n) is 2.85. The predicted molar refractivity (Wildman–Crippen MR) is 75.4 cm³/mol. The molecule has 0 aromatic heterocycles. The third kappa shape index (κ3) is 3.92. The Morgan fingerprint density at radius 2 is 2.22 bits per heavy atom. The van der Waals surface area contributed by atoms with Gasteiger partial charge >= 0.3 is 0 Å². The highest BCUT2D eigenvalue weighted by atomic mass is 32.2. The molecular formula is C13H18N2O2S. The van der Waals surface area contributed by atoms with Gasteiger partial charge in [0.1, 0.15) is 5.75 Å². The first-order chi connectivity index (χ1) is 8.78. The van der Waals surface area contributed by atoms with Crippen LogP contribution in [-0.4, -0.2) is 37.1 Å². The molecule has 1 heterocycles. The second-order valence-corrected chi connectivity index (χ2v) is 5.37. The number of amides is 1. The van der Waals surface area contributed by atoms with Crippen LogP contribution >= 0.6 is 11.8 Å². The van der Waals surface area contributed by atoms with E-state index in [0.29, 0.717) is 12.6 Å². The van der Waals surface area contributed by atoms with E-state index in [1.54, 1.807) is 7.11 Å². The normalized spacial score (nSPS) is 18.6. The van der Waals surface area contributed by atoms with Gasteiger partial charge in [0.2, 0.25) is 5.91 Å². The molecule has 1 unspecified atom stereocenters. The lowest BCUT2D eigenvalue weighted by atomic mass is 10.2. The van der Waals surface area contributed by atoms with Crippen molar-refractivity contribution in [3.8, 4) is 5.75 Å². The van der Waals surface area contributed by atoms with Crippen LogP contribution in [0, 0.1) is 0 Å². The fourth-order valence-electron chi connectivity index (χ4n) is 1.81. The smallest absolute Gasteiger partial charge is 0.238 e. The molecule has 0 saturated carbocycles. The molecule has 1 amide bonds. The monoisotopic (exact) mass is 266 g/mol. The Bertz CT molecular complexity index is 388. The lowest BCUT2D eigenvalue weighted by molar-refractivity contribution is -0.115. The molecular weight excluding hydrogens is 248 g/mol. The van der Waals surface area contributed by atoms with Crippen LogP contribution in [0.15, 0.2) is 24.3 Å². The number of anilines is 1. The molecule has 1 saturated heterocycles. The fourth-order valence-corrected chi connectivity index (χ4v) is 3.00. The maximum Gasteiger partial charge on any atom is 0.238 e. The van der Waals surface area contributed by atoms with Crippen molar-refractivity contribution >= 4 is 23.4 Å². The van der Waals surface area contributed by atoms with Gasteiger partial charge in [-0.05, 0) is 36.4 Å². The number of carbonyl (C=O) groups is 1. The number of hydrogen-bond donors (Lipinski definition) is 2. The highest BCUT2D eigenvalue weighted by Gasteiger charge is 2.15. The summed E-state index contributed by atoms with van der Waals surface area (Å²) in [6.07, 6.45) is 1.15. The molecule has 98 valence electrons.